The van der Waals surface area contributed by atoms with Crippen molar-refractivity contribution in [2.75, 3.05) is 7.11 Å². The van der Waals surface area contributed by atoms with Gasteiger partial charge in [0.2, 0.25) is 0 Å². The second-order valence-corrected chi connectivity index (χ2v) is 2.99. The largest absolute Gasteiger partial charge is 0.496 e. The molecule has 0 N–H and O–H groups in total. The third-order valence-corrected chi connectivity index (χ3v) is 1.95. The molecule has 0 amide bonds. The van der Waals surface area contributed by atoms with Gasteiger partial charge in [0.1, 0.15) is 5.75 Å². The van der Waals surface area contributed by atoms with Gasteiger partial charge < -0.3 is 4.74 Å². The molecule has 0 unspecified atom stereocenters. The maximum Gasteiger partial charge on any atom is 0.122 e. The molecular formula is C12H13NO. The summed E-state index contributed by atoms with van der Waals surface area (Å²) >= 11 is 0. The lowest BCUT2D eigenvalue weighted by atomic mass is 10.1. The van der Waals surface area contributed by atoms with E-state index in [4.69, 9.17) is 10.00 Å². The molecule has 14 heavy (non-hydrogen) atoms. The zero-order valence-electron chi connectivity index (χ0n) is 8.45. The van der Waals surface area contributed by atoms with Crippen LogP contribution in [0.2, 0.25) is 0 Å². The average Bonchev–Trinajstić information content (AvgIpc) is 2.21. The Hall–Kier alpha value is -1.75. The molecule has 0 aromatic heterocycles. The van der Waals surface area contributed by atoms with Crippen LogP contribution in [0, 0.1) is 18.3 Å². The van der Waals surface area contributed by atoms with Gasteiger partial charge in [-0.3, -0.25) is 0 Å². The number of hydrogen-bond donors (Lipinski definition) is 0. The molecule has 0 saturated heterocycles. The van der Waals surface area contributed by atoms with Gasteiger partial charge >= 0.3 is 0 Å². The normalized spacial score (nSPS) is 10.1. The lowest BCUT2D eigenvalue weighted by Crippen LogP contribution is -1.87. The molecule has 1 aromatic carbocycles. The van der Waals surface area contributed by atoms with Crippen LogP contribution in [-0.4, -0.2) is 7.11 Å². The van der Waals surface area contributed by atoms with E-state index in [1.165, 1.54) is 0 Å². The fourth-order valence-electron chi connectivity index (χ4n) is 1.19. The highest BCUT2D eigenvalue weighted by Gasteiger charge is 1.96. The molecule has 0 aliphatic heterocycles. The summed E-state index contributed by atoms with van der Waals surface area (Å²) < 4.78 is 5.19. The summed E-state index contributed by atoms with van der Waals surface area (Å²) in [5.41, 5.74) is 2.17. The molecule has 0 spiro atoms. The Balaban J connectivity index is 2.85. The van der Waals surface area contributed by atoms with Crippen LogP contribution in [0.3, 0.4) is 0 Å². The number of allylic oxidation sites excluding steroid dienone is 1. The molecule has 0 heterocycles. The summed E-state index contributed by atoms with van der Waals surface area (Å²) in [5.74, 6) is 0.879. The van der Waals surface area contributed by atoms with E-state index < -0.39 is 0 Å². The molecule has 0 radical (unpaired) electrons. The monoisotopic (exact) mass is 187 g/mol. The minimum Gasteiger partial charge on any atom is -0.496 e. The average molecular weight is 187 g/mol. The van der Waals surface area contributed by atoms with E-state index in [2.05, 4.69) is 6.07 Å². The Bertz CT molecular complexity index is 374. The summed E-state index contributed by atoms with van der Waals surface area (Å²) in [6, 6.07) is 8.03. The molecule has 0 atom stereocenters. The minimum atomic E-state index is 0.441. The quantitative estimate of drug-likeness (QED) is 0.728. The molecule has 1 rings (SSSR count). The van der Waals surface area contributed by atoms with Crippen LogP contribution in [-0.2, 0) is 0 Å². The predicted molar refractivity (Wildman–Crippen MR) is 57.0 cm³/mol. The molecule has 0 bridgehead atoms. The van der Waals surface area contributed by atoms with E-state index in [9.17, 15) is 0 Å². The third-order valence-electron chi connectivity index (χ3n) is 1.95. The topological polar surface area (TPSA) is 33.0 Å². The summed E-state index contributed by atoms with van der Waals surface area (Å²) in [7, 11) is 1.66. The number of nitrogens with zero attached hydrogens (tertiary/aromatic N) is 1. The molecule has 0 saturated carbocycles. The van der Waals surface area contributed by atoms with Gasteiger partial charge in [-0.05, 0) is 24.1 Å². The summed E-state index contributed by atoms with van der Waals surface area (Å²) in [6.45, 7) is 2.00. The Morgan fingerprint density at radius 3 is 2.93 bits per heavy atom. The number of hydrogen-bond acceptors (Lipinski definition) is 2. The van der Waals surface area contributed by atoms with Crippen molar-refractivity contribution in [2.45, 2.75) is 13.3 Å². The van der Waals surface area contributed by atoms with Crippen LogP contribution in [0.1, 0.15) is 17.5 Å². The van der Waals surface area contributed by atoms with Crippen LogP contribution in [0.15, 0.2) is 24.3 Å². The molecular weight excluding hydrogens is 174 g/mol. The first-order valence-corrected chi connectivity index (χ1v) is 4.46. The highest BCUT2D eigenvalue weighted by Crippen LogP contribution is 2.19. The van der Waals surface area contributed by atoms with E-state index in [1.807, 2.05) is 37.3 Å². The Morgan fingerprint density at radius 2 is 2.29 bits per heavy atom. The third kappa shape index (κ3) is 2.63. The first-order valence-electron chi connectivity index (χ1n) is 4.46. The Kier molecular flexibility index (Phi) is 3.75. The summed E-state index contributed by atoms with van der Waals surface area (Å²) in [4.78, 5) is 0. The number of ether oxygens (including phenoxy) is 1. The van der Waals surface area contributed by atoms with Gasteiger partial charge in [0, 0.05) is 0 Å². The van der Waals surface area contributed by atoms with Crippen molar-refractivity contribution in [2.24, 2.45) is 0 Å². The van der Waals surface area contributed by atoms with E-state index in [0.717, 1.165) is 16.9 Å². The van der Waals surface area contributed by atoms with Crippen LogP contribution in [0.5, 0.6) is 5.75 Å². The van der Waals surface area contributed by atoms with Gasteiger partial charge in [0.05, 0.1) is 19.6 Å². The summed E-state index contributed by atoms with van der Waals surface area (Å²) in [5, 5.41) is 8.36. The predicted octanol–water partition coefficient (Wildman–Crippen LogP) is 2.93. The van der Waals surface area contributed by atoms with Crippen molar-refractivity contribution in [1.29, 1.82) is 5.26 Å². The van der Waals surface area contributed by atoms with Crippen molar-refractivity contribution < 1.29 is 4.74 Å². The van der Waals surface area contributed by atoms with Gasteiger partial charge in [-0.2, -0.15) is 5.26 Å². The maximum atomic E-state index is 8.36. The van der Waals surface area contributed by atoms with Crippen LogP contribution in [0.4, 0.5) is 0 Å². The fraction of sp³-hybridized carbons (Fsp3) is 0.250. The van der Waals surface area contributed by atoms with Crippen molar-refractivity contribution in [3.63, 3.8) is 0 Å². The van der Waals surface area contributed by atoms with Gasteiger partial charge in [-0.25, -0.2) is 0 Å². The Morgan fingerprint density at radius 1 is 1.50 bits per heavy atom. The van der Waals surface area contributed by atoms with Gasteiger partial charge in [0.25, 0.3) is 0 Å². The molecule has 72 valence electrons. The summed E-state index contributed by atoms with van der Waals surface area (Å²) in [6.07, 6.45) is 4.20. The SMILES string of the molecule is COc1cc(C=CCC#N)ccc1C. The fourth-order valence-corrected chi connectivity index (χ4v) is 1.19. The maximum absolute atomic E-state index is 8.36. The second-order valence-electron chi connectivity index (χ2n) is 2.99. The van der Waals surface area contributed by atoms with Crippen molar-refractivity contribution >= 4 is 6.08 Å². The van der Waals surface area contributed by atoms with Crippen molar-refractivity contribution in [3.8, 4) is 11.8 Å². The first kappa shape index (κ1) is 10.3. The highest BCUT2D eigenvalue weighted by atomic mass is 16.5. The smallest absolute Gasteiger partial charge is 0.122 e. The highest BCUT2D eigenvalue weighted by molar-refractivity contribution is 5.53. The van der Waals surface area contributed by atoms with E-state index in [-0.39, 0.29) is 0 Å². The van der Waals surface area contributed by atoms with Crippen molar-refractivity contribution in [3.05, 3.63) is 35.4 Å². The van der Waals surface area contributed by atoms with Crippen LogP contribution < -0.4 is 4.74 Å². The number of benzene rings is 1. The van der Waals surface area contributed by atoms with Crippen LogP contribution >= 0.6 is 0 Å². The lowest BCUT2D eigenvalue weighted by molar-refractivity contribution is 0.411. The molecule has 0 aliphatic carbocycles. The lowest BCUT2D eigenvalue weighted by Gasteiger charge is -2.04. The number of methoxy groups -OCH3 is 1. The van der Waals surface area contributed by atoms with Gasteiger partial charge in [-0.15, -0.1) is 0 Å². The van der Waals surface area contributed by atoms with Gasteiger partial charge in [-0.1, -0.05) is 24.3 Å². The minimum absolute atomic E-state index is 0.441. The number of aryl methyl sites for hydroxylation is 1. The molecule has 2 nitrogen and oxygen atoms in total. The van der Waals surface area contributed by atoms with Gasteiger partial charge in [0.15, 0.2) is 0 Å². The number of nitriles is 1. The van der Waals surface area contributed by atoms with E-state index in [0.29, 0.717) is 6.42 Å². The van der Waals surface area contributed by atoms with E-state index in [1.54, 1.807) is 7.11 Å². The molecule has 0 aliphatic rings. The second kappa shape index (κ2) is 5.08. The van der Waals surface area contributed by atoms with E-state index >= 15 is 0 Å². The first-order chi connectivity index (χ1) is 6.77. The van der Waals surface area contributed by atoms with Crippen LogP contribution in [0.25, 0.3) is 6.08 Å². The Labute approximate surface area is 84.4 Å². The van der Waals surface area contributed by atoms with Crippen molar-refractivity contribution in [1.82, 2.24) is 0 Å². The zero-order valence-corrected chi connectivity index (χ0v) is 8.45. The standard InChI is InChI=1S/C12H13NO/c1-10-6-7-11(5-3-4-8-13)9-12(10)14-2/h3,5-7,9H,4H2,1-2H3. The molecule has 0 fully saturated rings. The zero-order chi connectivity index (χ0) is 10.4. The number of rotatable bonds is 3. The molecule has 2 heteroatoms. The molecule has 1 aromatic rings.